The molecule has 0 unspecified atom stereocenters. The third kappa shape index (κ3) is 6.22. The van der Waals surface area contributed by atoms with Gasteiger partial charge in [-0.05, 0) is 47.0 Å². The molecule has 120 valence electrons. The van der Waals surface area contributed by atoms with E-state index < -0.39 is 5.97 Å². The summed E-state index contributed by atoms with van der Waals surface area (Å²) in [5.41, 5.74) is -0.543. The van der Waals surface area contributed by atoms with Gasteiger partial charge < -0.3 is 14.4 Å². The lowest BCUT2D eigenvalue weighted by molar-refractivity contribution is -0.137. The van der Waals surface area contributed by atoms with Gasteiger partial charge in [0, 0.05) is 6.42 Å². The van der Waals surface area contributed by atoms with Crippen molar-refractivity contribution in [2.24, 2.45) is 0 Å². The van der Waals surface area contributed by atoms with Gasteiger partial charge in [0.1, 0.15) is 0 Å². The Bertz CT molecular complexity index is 347. The molecule has 0 amide bonds. The minimum absolute atomic E-state index is 0.245. The summed E-state index contributed by atoms with van der Waals surface area (Å²) >= 11 is 0. The van der Waals surface area contributed by atoms with E-state index in [0.29, 0.717) is 6.42 Å². The molecule has 0 aromatic rings. The molecule has 1 aliphatic heterocycles. The van der Waals surface area contributed by atoms with Crippen LogP contribution in [0, 0.1) is 0 Å². The number of allylic oxidation sites excluding steroid dienone is 1. The van der Waals surface area contributed by atoms with Crippen molar-refractivity contribution in [1.82, 2.24) is 0 Å². The van der Waals surface area contributed by atoms with Gasteiger partial charge in [-0.1, -0.05) is 31.3 Å². The molecule has 1 rings (SSSR count). The molecule has 1 fully saturated rings. The Balaban J connectivity index is 2.07. The Morgan fingerprint density at radius 3 is 2.10 bits per heavy atom. The summed E-state index contributed by atoms with van der Waals surface area (Å²) in [4.78, 5) is 10.4. The summed E-state index contributed by atoms with van der Waals surface area (Å²) in [5, 5.41) is 8.53. The second kappa shape index (κ2) is 7.99. The van der Waals surface area contributed by atoms with Gasteiger partial charge in [0.15, 0.2) is 0 Å². The summed E-state index contributed by atoms with van der Waals surface area (Å²) in [6.07, 6.45) is 8.62. The van der Waals surface area contributed by atoms with E-state index in [1.54, 1.807) is 0 Å². The summed E-state index contributed by atoms with van der Waals surface area (Å²) in [6, 6.07) is 0. The van der Waals surface area contributed by atoms with Crippen molar-refractivity contribution < 1.29 is 19.2 Å². The second-order valence-electron chi connectivity index (χ2n) is 6.75. The van der Waals surface area contributed by atoms with Crippen LogP contribution in [0.5, 0.6) is 0 Å². The highest BCUT2D eigenvalue weighted by Crippen LogP contribution is 2.36. The quantitative estimate of drug-likeness (QED) is 0.516. The highest BCUT2D eigenvalue weighted by atomic mass is 16.7. The molecule has 4 nitrogen and oxygen atoms in total. The second-order valence-corrected chi connectivity index (χ2v) is 6.75. The van der Waals surface area contributed by atoms with Crippen LogP contribution in [0.25, 0.3) is 0 Å². The molecule has 1 N–H and O–H groups in total. The molecule has 0 saturated carbocycles. The van der Waals surface area contributed by atoms with Gasteiger partial charge in [-0.3, -0.25) is 4.79 Å². The van der Waals surface area contributed by atoms with Gasteiger partial charge in [0.05, 0.1) is 11.2 Å². The van der Waals surface area contributed by atoms with Gasteiger partial charge in [0.25, 0.3) is 0 Å². The fraction of sp³-hybridized carbons (Fsp3) is 0.812. The predicted molar refractivity (Wildman–Crippen MR) is 85.2 cm³/mol. The molecule has 1 saturated heterocycles. The van der Waals surface area contributed by atoms with Crippen molar-refractivity contribution in [3.05, 3.63) is 12.1 Å². The highest BCUT2D eigenvalue weighted by Gasteiger charge is 2.49. The minimum Gasteiger partial charge on any atom is -0.481 e. The first-order valence-corrected chi connectivity index (χ1v) is 7.99. The number of hydrogen-bond donors (Lipinski definition) is 1. The lowest BCUT2D eigenvalue weighted by Crippen LogP contribution is -2.41. The van der Waals surface area contributed by atoms with Gasteiger partial charge >= 0.3 is 13.1 Å². The Kier molecular flexibility index (Phi) is 6.94. The number of carbonyl (C=O) groups is 1. The number of aliphatic carboxylic acids is 1. The highest BCUT2D eigenvalue weighted by molar-refractivity contribution is 6.51. The fourth-order valence-corrected chi connectivity index (χ4v) is 2.24. The molecule has 5 heteroatoms. The van der Waals surface area contributed by atoms with Gasteiger partial charge in [-0.25, -0.2) is 0 Å². The molecular formula is C16H29BO4. The average Bonchev–Trinajstić information content (AvgIpc) is 2.55. The maximum Gasteiger partial charge on any atom is 0.486 e. The van der Waals surface area contributed by atoms with E-state index in [4.69, 9.17) is 14.4 Å². The number of unbranched alkanes of at least 4 members (excludes halogenated alkanes) is 5. The molecule has 0 radical (unpaired) electrons. The van der Waals surface area contributed by atoms with Crippen LogP contribution < -0.4 is 0 Å². The molecule has 0 spiro atoms. The molecule has 0 bridgehead atoms. The van der Waals surface area contributed by atoms with Gasteiger partial charge in [-0.2, -0.15) is 0 Å². The summed E-state index contributed by atoms with van der Waals surface area (Å²) < 4.78 is 11.8. The van der Waals surface area contributed by atoms with Crippen molar-refractivity contribution in [2.45, 2.75) is 83.8 Å². The predicted octanol–water partition coefficient (Wildman–Crippen LogP) is 3.99. The van der Waals surface area contributed by atoms with E-state index >= 15 is 0 Å². The van der Waals surface area contributed by atoms with Crippen LogP contribution in [0.3, 0.4) is 0 Å². The standard InChI is InChI=1S/C16H29BO4/c1-15(2)16(3,4)21-17(20-15)13-11-9-7-5-6-8-10-12-14(18)19/h11,13H,5-10,12H2,1-4H3,(H,18,19)/b13-11+. The Morgan fingerprint density at radius 1 is 1.00 bits per heavy atom. The van der Waals surface area contributed by atoms with E-state index in [2.05, 4.69) is 33.8 Å². The molecule has 21 heavy (non-hydrogen) atoms. The number of hydrogen-bond acceptors (Lipinski definition) is 3. The first kappa shape index (κ1) is 18.2. The molecule has 0 aromatic carbocycles. The Morgan fingerprint density at radius 2 is 1.52 bits per heavy atom. The lowest BCUT2D eigenvalue weighted by Gasteiger charge is -2.32. The van der Waals surface area contributed by atoms with Crippen LogP contribution in [0.2, 0.25) is 0 Å². The first-order valence-electron chi connectivity index (χ1n) is 7.99. The molecule has 0 atom stereocenters. The number of carboxylic acid groups (broad SMARTS) is 1. The minimum atomic E-state index is -0.694. The maximum atomic E-state index is 10.4. The molecular weight excluding hydrogens is 267 g/mol. The van der Waals surface area contributed by atoms with E-state index in [-0.39, 0.29) is 18.3 Å². The third-order valence-corrected chi connectivity index (χ3v) is 4.33. The zero-order chi connectivity index (χ0) is 15.9. The normalized spacial score (nSPS) is 20.3. The van der Waals surface area contributed by atoms with Crippen LogP contribution in [0.15, 0.2) is 12.1 Å². The Hall–Kier alpha value is -0.805. The SMILES string of the molecule is CC1(C)OB(/C=C/CCCCCCCC(=O)O)OC1(C)C. The summed E-state index contributed by atoms with van der Waals surface area (Å²) in [5.74, 6) is 1.31. The largest absolute Gasteiger partial charge is 0.486 e. The van der Waals surface area contributed by atoms with Crippen LogP contribution in [0.1, 0.15) is 72.6 Å². The van der Waals surface area contributed by atoms with Crippen LogP contribution in [0.4, 0.5) is 0 Å². The topological polar surface area (TPSA) is 55.8 Å². The smallest absolute Gasteiger partial charge is 0.481 e. The maximum absolute atomic E-state index is 10.4. The van der Waals surface area contributed by atoms with E-state index in [0.717, 1.165) is 38.5 Å². The van der Waals surface area contributed by atoms with Crippen molar-refractivity contribution in [3.63, 3.8) is 0 Å². The summed E-state index contributed by atoms with van der Waals surface area (Å²) in [6.45, 7) is 8.21. The molecule has 0 aromatic heterocycles. The zero-order valence-corrected chi connectivity index (χ0v) is 13.9. The van der Waals surface area contributed by atoms with Crippen molar-refractivity contribution in [1.29, 1.82) is 0 Å². The number of rotatable bonds is 9. The molecule has 1 aliphatic rings. The summed E-state index contributed by atoms with van der Waals surface area (Å²) in [7, 11) is -0.245. The van der Waals surface area contributed by atoms with E-state index in [9.17, 15) is 4.79 Å². The zero-order valence-electron chi connectivity index (χ0n) is 13.9. The first-order chi connectivity index (χ1) is 9.74. The van der Waals surface area contributed by atoms with Crippen molar-refractivity contribution >= 4 is 13.1 Å². The van der Waals surface area contributed by atoms with Gasteiger partial charge in [0.2, 0.25) is 0 Å². The van der Waals surface area contributed by atoms with Crippen molar-refractivity contribution in [2.75, 3.05) is 0 Å². The molecule has 1 heterocycles. The number of carboxylic acids is 1. The van der Waals surface area contributed by atoms with Crippen molar-refractivity contribution in [3.8, 4) is 0 Å². The monoisotopic (exact) mass is 296 g/mol. The Labute approximate surface area is 129 Å². The van der Waals surface area contributed by atoms with Crippen LogP contribution >= 0.6 is 0 Å². The van der Waals surface area contributed by atoms with Gasteiger partial charge in [-0.15, -0.1) is 0 Å². The van der Waals surface area contributed by atoms with E-state index in [1.807, 2.05) is 5.98 Å². The molecule has 0 aliphatic carbocycles. The van der Waals surface area contributed by atoms with Crippen LogP contribution in [-0.4, -0.2) is 29.4 Å². The van der Waals surface area contributed by atoms with E-state index in [1.165, 1.54) is 0 Å². The van der Waals surface area contributed by atoms with Crippen LogP contribution in [-0.2, 0) is 14.1 Å². The lowest BCUT2D eigenvalue weighted by atomic mass is 9.89. The third-order valence-electron chi connectivity index (χ3n) is 4.33. The fourth-order valence-electron chi connectivity index (χ4n) is 2.24. The average molecular weight is 296 g/mol.